The Morgan fingerprint density at radius 3 is 2.32 bits per heavy atom. The molecule has 1 aromatic heterocycles. The number of imide groups is 1. The number of hydrogen-bond acceptors (Lipinski definition) is 7. The molecule has 0 aliphatic rings. The Bertz CT molecular complexity index is 895. The molecule has 0 aliphatic heterocycles. The van der Waals surface area contributed by atoms with Crippen LogP contribution in [0.2, 0.25) is 0 Å². The fraction of sp³-hybridized carbons (Fsp3) is 0.278. The normalized spacial score (nSPS) is 10.8. The highest BCUT2D eigenvalue weighted by Crippen LogP contribution is 2.24. The summed E-state index contributed by atoms with van der Waals surface area (Å²) in [5.41, 5.74) is -0.0681. The van der Waals surface area contributed by atoms with Gasteiger partial charge in [-0.25, -0.2) is 9.59 Å². The molecule has 148 valence electrons. The second-order valence-electron chi connectivity index (χ2n) is 6.80. The van der Waals surface area contributed by atoms with Crippen LogP contribution in [0.25, 0.3) is 11.3 Å². The van der Waals surface area contributed by atoms with Crippen LogP contribution in [-0.4, -0.2) is 35.0 Å². The minimum Gasteiger partial charge on any atom is -0.450 e. The zero-order valence-electron chi connectivity index (χ0n) is 15.5. The number of amides is 3. The quantitative estimate of drug-likeness (QED) is 0.455. The molecule has 10 nitrogen and oxygen atoms in total. The van der Waals surface area contributed by atoms with Crippen LogP contribution in [0.1, 0.15) is 31.3 Å². The molecule has 0 unspecified atom stereocenters. The Labute approximate surface area is 160 Å². The van der Waals surface area contributed by atoms with Crippen LogP contribution in [-0.2, 0) is 9.53 Å². The lowest BCUT2D eigenvalue weighted by Crippen LogP contribution is -2.49. The van der Waals surface area contributed by atoms with Gasteiger partial charge in [-0.15, -0.1) is 0 Å². The van der Waals surface area contributed by atoms with E-state index in [2.05, 4.69) is 5.32 Å². The minimum absolute atomic E-state index is 0.0727. The molecule has 0 fully saturated rings. The molecule has 28 heavy (non-hydrogen) atoms. The molecule has 10 heteroatoms. The molecule has 1 aromatic carbocycles. The Hall–Kier alpha value is -3.69. The van der Waals surface area contributed by atoms with Gasteiger partial charge >= 0.3 is 12.0 Å². The molecular weight excluding hydrogens is 370 g/mol. The van der Waals surface area contributed by atoms with Crippen LogP contribution in [0, 0.1) is 10.1 Å². The number of urea groups is 1. The molecule has 1 heterocycles. The summed E-state index contributed by atoms with van der Waals surface area (Å²) in [7, 11) is 0. The van der Waals surface area contributed by atoms with Crippen LogP contribution < -0.4 is 10.6 Å². The van der Waals surface area contributed by atoms with E-state index in [0.29, 0.717) is 11.3 Å². The Balaban J connectivity index is 1.91. The van der Waals surface area contributed by atoms with Gasteiger partial charge in [0.15, 0.2) is 6.61 Å². The highest BCUT2D eigenvalue weighted by atomic mass is 16.6. The largest absolute Gasteiger partial charge is 0.450 e. The fourth-order valence-corrected chi connectivity index (χ4v) is 2.09. The zero-order valence-corrected chi connectivity index (χ0v) is 15.5. The van der Waals surface area contributed by atoms with Crippen LogP contribution >= 0.6 is 0 Å². The molecule has 2 N–H and O–H groups in total. The van der Waals surface area contributed by atoms with Crippen molar-refractivity contribution in [3.63, 3.8) is 0 Å². The SMILES string of the molecule is CC(C)(C)NC(=O)NC(=O)COC(=O)c1ccc(-c2ccc([N+](=O)[O-])cc2)o1. The second kappa shape index (κ2) is 8.33. The molecule has 2 aromatic rings. The molecule has 0 aliphatic carbocycles. The van der Waals surface area contributed by atoms with Gasteiger partial charge in [0.25, 0.3) is 11.6 Å². The van der Waals surface area contributed by atoms with Crippen molar-refractivity contribution in [3.05, 3.63) is 52.3 Å². The summed E-state index contributed by atoms with van der Waals surface area (Å²) in [6.45, 7) is 4.58. The smallest absolute Gasteiger partial charge is 0.374 e. The minimum atomic E-state index is -0.889. The highest BCUT2D eigenvalue weighted by Gasteiger charge is 2.19. The van der Waals surface area contributed by atoms with E-state index in [0.717, 1.165) is 0 Å². The predicted molar refractivity (Wildman–Crippen MR) is 97.5 cm³/mol. The number of carbonyl (C=O) groups excluding carboxylic acids is 3. The topological polar surface area (TPSA) is 141 Å². The molecule has 2 rings (SSSR count). The van der Waals surface area contributed by atoms with Crippen LogP contribution in [0.15, 0.2) is 40.8 Å². The molecule has 3 amide bonds. The third-order valence-corrected chi connectivity index (χ3v) is 3.25. The van der Waals surface area contributed by atoms with Gasteiger partial charge in [-0.2, -0.15) is 0 Å². The van der Waals surface area contributed by atoms with E-state index in [1.807, 2.05) is 5.32 Å². The first-order chi connectivity index (χ1) is 13.0. The standard InChI is InChI=1S/C18H19N3O7/c1-18(2,3)20-17(24)19-15(22)10-27-16(23)14-9-8-13(28-14)11-4-6-12(7-5-11)21(25)26/h4-9H,10H2,1-3H3,(H2,19,20,22,24). The number of nitrogens with one attached hydrogen (secondary N) is 2. The van der Waals surface area contributed by atoms with Crippen molar-refractivity contribution < 1.29 is 28.5 Å². The number of furan rings is 1. The van der Waals surface area contributed by atoms with Crippen molar-refractivity contribution in [3.8, 4) is 11.3 Å². The van der Waals surface area contributed by atoms with Crippen molar-refractivity contribution in [2.75, 3.05) is 6.61 Å². The fourth-order valence-electron chi connectivity index (χ4n) is 2.09. The first kappa shape index (κ1) is 20.6. The average Bonchev–Trinajstić information content (AvgIpc) is 3.08. The van der Waals surface area contributed by atoms with Crippen LogP contribution in [0.5, 0.6) is 0 Å². The monoisotopic (exact) mass is 389 g/mol. The Morgan fingerprint density at radius 1 is 1.11 bits per heavy atom. The number of nitro groups is 1. The summed E-state index contributed by atoms with van der Waals surface area (Å²) < 4.78 is 10.2. The molecule has 0 saturated heterocycles. The number of benzene rings is 1. The number of esters is 1. The van der Waals surface area contributed by atoms with Gasteiger partial charge in [0.2, 0.25) is 5.76 Å². The van der Waals surface area contributed by atoms with Gasteiger partial charge in [0, 0.05) is 23.2 Å². The summed E-state index contributed by atoms with van der Waals surface area (Å²) in [6, 6.07) is 7.72. The van der Waals surface area contributed by atoms with Gasteiger partial charge in [0.1, 0.15) is 5.76 Å². The number of nitro benzene ring substituents is 1. The maximum atomic E-state index is 12.0. The van der Waals surface area contributed by atoms with Crippen molar-refractivity contribution >= 4 is 23.6 Å². The lowest BCUT2D eigenvalue weighted by Gasteiger charge is -2.20. The average molecular weight is 389 g/mol. The van der Waals surface area contributed by atoms with Gasteiger partial charge in [0.05, 0.1) is 4.92 Å². The number of nitrogens with zero attached hydrogens (tertiary/aromatic N) is 1. The molecule has 0 bridgehead atoms. The lowest BCUT2D eigenvalue weighted by atomic mass is 10.1. The summed E-state index contributed by atoms with van der Waals surface area (Å²) in [5, 5.41) is 15.2. The third-order valence-electron chi connectivity index (χ3n) is 3.25. The zero-order chi connectivity index (χ0) is 20.9. The van der Waals surface area contributed by atoms with E-state index >= 15 is 0 Å². The van der Waals surface area contributed by atoms with Crippen molar-refractivity contribution in [2.45, 2.75) is 26.3 Å². The van der Waals surface area contributed by atoms with Gasteiger partial charge < -0.3 is 14.5 Å². The molecule has 0 radical (unpaired) electrons. The van der Waals surface area contributed by atoms with Crippen LogP contribution in [0.4, 0.5) is 10.5 Å². The van der Waals surface area contributed by atoms with E-state index in [-0.39, 0.29) is 11.4 Å². The second-order valence-corrected chi connectivity index (χ2v) is 6.80. The highest BCUT2D eigenvalue weighted by molar-refractivity contribution is 5.96. The summed E-state index contributed by atoms with van der Waals surface area (Å²) in [6.07, 6.45) is 0. The van der Waals surface area contributed by atoms with Crippen LogP contribution in [0.3, 0.4) is 0 Å². The van der Waals surface area contributed by atoms with E-state index in [9.17, 15) is 24.5 Å². The number of non-ortho nitro benzene ring substituents is 1. The Morgan fingerprint density at radius 2 is 1.75 bits per heavy atom. The lowest BCUT2D eigenvalue weighted by molar-refractivity contribution is -0.384. The summed E-state index contributed by atoms with van der Waals surface area (Å²) in [5.74, 6) is -1.53. The molecular formula is C18H19N3O7. The van der Waals surface area contributed by atoms with E-state index in [1.165, 1.54) is 36.4 Å². The first-order valence-electron chi connectivity index (χ1n) is 8.19. The maximum absolute atomic E-state index is 12.0. The summed E-state index contributed by atoms with van der Waals surface area (Å²) in [4.78, 5) is 45.3. The molecule has 0 spiro atoms. The van der Waals surface area contributed by atoms with E-state index in [4.69, 9.17) is 9.15 Å². The number of ether oxygens (including phenoxy) is 1. The molecule has 0 atom stereocenters. The first-order valence-corrected chi connectivity index (χ1v) is 8.19. The Kier molecular flexibility index (Phi) is 6.14. The van der Waals surface area contributed by atoms with Crippen molar-refractivity contribution in [1.82, 2.24) is 10.6 Å². The number of carbonyl (C=O) groups is 3. The van der Waals surface area contributed by atoms with E-state index < -0.39 is 35.0 Å². The molecule has 0 saturated carbocycles. The van der Waals surface area contributed by atoms with E-state index in [1.54, 1.807) is 20.8 Å². The number of hydrogen-bond donors (Lipinski definition) is 2. The van der Waals surface area contributed by atoms with Gasteiger partial charge in [-0.05, 0) is 45.0 Å². The predicted octanol–water partition coefficient (Wildman–Crippen LogP) is 2.64. The number of rotatable bonds is 5. The van der Waals surface area contributed by atoms with Gasteiger partial charge in [-0.1, -0.05) is 0 Å². The van der Waals surface area contributed by atoms with Gasteiger partial charge in [-0.3, -0.25) is 20.2 Å². The van der Waals surface area contributed by atoms with Crippen molar-refractivity contribution in [1.29, 1.82) is 0 Å². The van der Waals surface area contributed by atoms with Crippen molar-refractivity contribution in [2.24, 2.45) is 0 Å². The summed E-state index contributed by atoms with van der Waals surface area (Å²) >= 11 is 0. The third kappa shape index (κ3) is 5.94. The maximum Gasteiger partial charge on any atom is 0.374 e.